The van der Waals surface area contributed by atoms with Gasteiger partial charge in [-0.3, -0.25) is 4.98 Å². The SMILES string of the molecule is [N-]=[N+]=NCCCCCCN(N)/C=C(\N)c1cccnc1. The van der Waals surface area contributed by atoms with Crippen molar-refractivity contribution in [3.63, 3.8) is 0 Å². The van der Waals surface area contributed by atoms with E-state index >= 15 is 0 Å². The monoisotopic (exact) mass is 275 g/mol. The number of aromatic nitrogens is 1. The van der Waals surface area contributed by atoms with Gasteiger partial charge in [-0.2, -0.15) is 0 Å². The molecule has 0 fully saturated rings. The van der Waals surface area contributed by atoms with Gasteiger partial charge in [0.05, 0.1) is 5.70 Å². The predicted molar refractivity (Wildman–Crippen MR) is 79.8 cm³/mol. The third-order valence-electron chi connectivity index (χ3n) is 2.79. The Balaban J connectivity index is 2.22. The molecule has 0 aromatic carbocycles. The summed E-state index contributed by atoms with van der Waals surface area (Å²) in [6, 6.07) is 3.73. The minimum absolute atomic E-state index is 0.566. The molecule has 20 heavy (non-hydrogen) atoms. The summed E-state index contributed by atoms with van der Waals surface area (Å²) in [4.78, 5) is 6.72. The standard InChI is InChI=1S/C13H21N7/c14-13(12-6-5-7-17-10-12)11-20(16)9-4-2-1-3-8-18-19-15/h5-7,10-11H,1-4,8-9,14,16H2/b13-11-. The smallest absolute Gasteiger partial charge is 0.0579 e. The second-order valence-corrected chi connectivity index (χ2v) is 4.43. The van der Waals surface area contributed by atoms with Crippen LogP contribution < -0.4 is 11.6 Å². The van der Waals surface area contributed by atoms with Gasteiger partial charge in [0.2, 0.25) is 0 Å². The van der Waals surface area contributed by atoms with Gasteiger partial charge in [-0.05, 0) is 30.5 Å². The number of azide groups is 1. The normalized spacial score (nSPS) is 10.9. The minimum Gasteiger partial charge on any atom is -0.397 e. The molecule has 0 atom stereocenters. The Labute approximate surface area is 118 Å². The number of unbranched alkanes of at least 4 members (excludes halogenated alkanes) is 3. The van der Waals surface area contributed by atoms with E-state index in [0.29, 0.717) is 12.2 Å². The summed E-state index contributed by atoms with van der Waals surface area (Å²) in [7, 11) is 0. The van der Waals surface area contributed by atoms with Gasteiger partial charge < -0.3 is 10.7 Å². The molecule has 0 spiro atoms. The molecule has 0 radical (unpaired) electrons. The quantitative estimate of drug-likeness (QED) is 0.180. The third-order valence-corrected chi connectivity index (χ3v) is 2.79. The Morgan fingerprint density at radius 1 is 1.40 bits per heavy atom. The lowest BCUT2D eigenvalue weighted by atomic mass is 10.2. The molecule has 0 aliphatic rings. The molecule has 1 aromatic rings. The van der Waals surface area contributed by atoms with E-state index in [1.165, 1.54) is 0 Å². The first-order valence-electron chi connectivity index (χ1n) is 6.64. The van der Waals surface area contributed by atoms with Crippen LogP contribution in [0.3, 0.4) is 0 Å². The zero-order chi connectivity index (χ0) is 14.6. The number of hydrogen-bond acceptors (Lipinski definition) is 5. The van der Waals surface area contributed by atoms with Crippen LogP contribution in [0.15, 0.2) is 35.8 Å². The topological polar surface area (TPSA) is 117 Å². The molecule has 108 valence electrons. The second kappa shape index (κ2) is 9.66. The van der Waals surface area contributed by atoms with Crippen molar-refractivity contribution in [1.29, 1.82) is 0 Å². The average molecular weight is 275 g/mol. The largest absolute Gasteiger partial charge is 0.397 e. The van der Waals surface area contributed by atoms with E-state index in [2.05, 4.69) is 15.0 Å². The Hall–Kier alpha value is -2.24. The number of nitrogens with two attached hydrogens (primary N) is 2. The van der Waals surface area contributed by atoms with Crippen molar-refractivity contribution in [3.05, 3.63) is 46.7 Å². The number of hydrazine groups is 1. The first kappa shape index (κ1) is 15.8. The summed E-state index contributed by atoms with van der Waals surface area (Å²) in [6.07, 6.45) is 9.11. The Kier molecular flexibility index (Phi) is 7.64. The predicted octanol–water partition coefficient (Wildman–Crippen LogP) is 2.39. The molecule has 0 unspecified atom stereocenters. The summed E-state index contributed by atoms with van der Waals surface area (Å²) in [5.41, 5.74) is 15.5. The number of pyridine rings is 1. The molecule has 4 N–H and O–H groups in total. The van der Waals surface area contributed by atoms with Crippen molar-refractivity contribution in [2.75, 3.05) is 13.1 Å². The van der Waals surface area contributed by atoms with Gasteiger partial charge in [0, 0.05) is 42.2 Å². The van der Waals surface area contributed by atoms with Gasteiger partial charge in [0.1, 0.15) is 0 Å². The lowest BCUT2D eigenvalue weighted by molar-refractivity contribution is 0.378. The van der Waals surface area contributed by atoms with E-state index in [-0.39, 0.29) is 0 Å². The first-order valence-corrected chi connectivity index (χ1v) is 6.64. The molecule has 1 rings (SSSR count). The molecule has 7 heteroatoms. The highest BCUT2D eigenvalue weighted by Gasteiger charge is 1.99. The first-order chi connectivity index (χ1) is 9.74. The van der Waals surface area contributed by atoms with Crippen molar-refractivity contribution in [1.82, 2.24) is 9.99 Å². The summed E-state index contributed by atoms with van der Waals surface area (Å²) >= 11 is 0. The lowest BCUT2D eigenvalue weighted by Gasteiger charge is -2.14. The zero-order valence-corrected chi connectivity index (χ0v) is 11.5. The van der Waals surface area contributed by atoms with Gasteiger partial charge >= 0.3 is 0 Å². The van der Waals surface area contributed by atoms with Crippen LogP contribution in [-0.2, 0) is 0 Å². The van der Waals surface area contributed by atoms with Crippen molar-refractivity contribution in [2.24, 2.45) is 16.7 Å². The molecule has 0 amide bonds. The minimum atomic E-state index is 0.566. The van der Waals surface area contributed by atoms with Crippen LogP contribution in [-0.4, -0.2) is 23.1 Å². The summed E-state index contributed by atoms with van der Waals surface area (Å²) in [5, 5.41) is 5.08. The molecular weight excluding hydrogens is 254 g/mol. The molecule has 1 heterocycles. The van der Waals surface area contributed by atoms with E-state index in [4.69, 9.17) is 17.1 Å². The highest BCUT2D eigenvalue weighted by Crippen LogP contribution is 2.07. The third kappa shape index (κ3) is 6.63. The summed E-state index contributed by atoms with van der Waals surface area (Å²) < 4.78 is 0. The fourth-order valence-electron chi connectivity index (χ4n) is 1.73. The van der Waals surface area contributed by atoms with Crippen LogP contribution in [0.4, 0.5) is 0 Å². The fraction of sp³-hybridized carbons (Fsp3) is 0.462. The van der Waals surface area contributed by atoms with E-state index in [9.17, 15) is 0 Å². The summed E-state index contributed by atoms with van der Waals surface area (Å²) in [5.74, 6) is 5.86. The molecule has 7 nitrogen and oxygen atoms in total. The molecule has 0 aliphatic heterocycles. The van der Waals surface area contributed by atoms with Gasteiger partial charge in [-0.1, -0.05) is 18.0 Å². The number of nitrogens with zero attached hydrogens (tertiary/aromatic N) is 5. The highest BCUT2D eigenvalue weighted by molar-refractivity contribution is 5.60. The van der Waals surface area contributed by atoms with Gasteiger partial charge in [-0.15, -0.1) is 0 Å². The second-order valence-electron chi connectivity index (χ2n) is 4.43. The van der Waals surface area contributed by atoms with Crippen molar-refractivity contribution >= 4 is 5.70 Å². The Bertz CT molecular complexity index is 451. The van der Waals surface area contributed by atoms with Crippen molar-refractivity contribution < 1.29 is 0 Å². The molecular formula is C13H21N7. The fourth-order valence-corrected chi connectivity index (χ4v) is 1.73. The van der Waals surface area contributed by atoms with Crippen molar-refractivity contribution in [3.8, 4) is 0 Å². The molecule has 1 aromatic heterocycles. The van der Waals surface area contributed by atoms with E-state index < -0.39 is 0 Å². The molecule has 0 saturated heterocycles. The van der Waals surface area contributed by atoms with Crippen LogP contribution >= 0.6 is 0 Å². The maximum Gasteiger partial charge on any atom is 0.0579 e. The number of hydrogen-bond donors (Lipinski definition) is 2. The van der Waals surface area contributed by atoms with Gasteiger partial charge in [-0.25, -0.2) is 5.84 Å². The van der Waals surface area contributed by atoms with Crippen molar-refractivity contribution in [2.45, 2.75) is 25.7 Å². The summed E-state index contributed by atoms with van der Waals surface area (Å²) in [6.45, 7) is 1.30. The zero-order valence-electron chi connectivity index (χ0n) is 11.5. The van der Waals surface area contributed by atoms with Crippen LogP contribution in [0.25, 0.3) is 16.1 Å². The maximum absolute atomic E-state index is 8.13. The van der Waals surface area contributed by atoms with E-state index in [1.54, 1.807) is 23.6 Å². The van der Waals surface area contributed by atoms with E-state index in [0.717, 1.165) is 37.8 Å². The number of rotatable bonds is 9. The van der Waals surface area contributed by atoms with Crippen LogP contribution in [0.5, 0.6) is 0 Å². The van der Waals surface area contributed by atoms with E-state index in [1.807, 2.05) is 12.1 Å². The maximum atomic E-state index is 8.13. The highest BCUT2D eigenvalue weighted by atomic mass is 15.4. The molecule has 0 aliphatic carbocycles. The lowest BCUT2D eigenvalue weighted by Crippen LogP contribution is -2.27. The molecule has 0 saturated carbocycles. The Morgan fingerprint density at radius 2 is 2.20 bits per heavy atom. The average Bonchev–Trinajstić information content (AvgIpc) is 2.47. The van der Waals surface area contributed by atoms with Crippen LogP contribution in [0, 0.1) is 0 Å². The van der Waals surface area contributed by atoms with Crippen LogP contribution in [0.1, 0.15) is 31.2 Å². The Morgan fingerprint density at radius 3 is 2.90 bits per heavy atom. The van der Waals surface area contributed by atoms with Crippen LogP contribution in [0.2, 0.25) is 0 Å². The van der Waals surface area contributed by atoms with Gasteiger partial charge in [0.15, 0.2) is 0 Å². The van der Waals surface area contributed by atoms with Gasteiger partial charge in [0.25, 0.3) is 0 Å². The molecule has 0 bridgehead atoms.